The first-order valence-corrected chi connectivity index (χ1v) is 8.54. The van der Waals surface area contributed by atoms with Crippen molar-refractivity contribution in [1.29, 1.82) is 0 Å². The largest absolute Gasteiger partial charge is 0.447 e. The van der Waals surface area contributed by atoms with Gasteiger partial charge in [-0.3, -0.25) is 4.79 Å². The van der Waals surface area contributed by atoms with Crippen molar-refractivity contribution in [3.05, 3.63) is 45.7 Å². The van der Waals surface area contributed by atoms with Crippen LogP contribution in [0.2, 0.25) is 0 Å². The number of hydrogen-bond acceptors (Lipinski definition) is 7. The van der Waals surface area contributed by atoms with Crippen molar-refractivity contribution in [2.45, 2.75) is 33.4 Å². The molecule has 0 fully saturated rings. The van der Waals surface area contributed by atoms with Crippen LogP contribution in [0.3, 0.4) is 0 Å². The van der Waals surface area contributed by atoms with E-state index in [-0.39, 0.29) is 11.7 Å². The molecule has 3 aromatic rings. The summed E-state index contributed by atoms with van der Waals surface area (Å²) in [6.45, 7) is 5.57. The van der Waals surface area contributed by atoms with Gasteiger partial charge in [0.05, 0.1) is 6.54 Å². The molecule has 1 amide bonds. The number of esters is 1. The Bertz CT molecular complexity index is 919. The van der Waals surface area contributed by atoms with Gasteiger partial charge in [-0.05, 0) is 38.3 Å². The van der Waals surface area contributed by atoms with Crippen LogP contribution in [0, 0.1) is 13.8 Å². The Morgan fingerprint density at radius 3 is 2.88 bits per heavy atom. The van der Waals surface area contributed by atoms with Crippen LogP contribution in [0.15, 0.2) is 23.6 Å². The van der Waals surface area contributed by atoms with Crippen LogP contribution in [0.1, 0.15) is 33.8 Å². The third kappa shape index (κ3) is 3.82. The zero-order valence-corrected chi connectivity index (χ0v) is 14.8. The fraction of sp³-hybridized carbons (Fsp3) is 0.312. The van der Waals surface area contributed by atoms with Crippen molar-refractivity contribution in [2.75, 3.05) is 0 Å². The molecule has 0 bridgehead atoms. The third-order valence-corrected chi connectivity index (χ3v) is 4.35. The number of carbonyl (C=O) groups is 2. The van der Waals surface area contributed by atoms with Crippen LogP contribution < -0.4 is 5.32 Å². The van der Waals surface area contributed by atoms with Crippen LogP contribution in [0.25, 0.3) is 5.78 Å². The topological polar surface area (TPSA) is 98.5 Å². The number of amides is 1. The lowest BCUT2D eigenvalue weighted by atomic mass is 10.3. The standard InChI is InChI=1S/C16H17N5O3S/c1-9-7-10(2)21-16(18-9)19-13(20-21)15(23)24-11(3)14(22)17-8-12-5-4-6-25-12/h4-7,11H,8H2,1-3H3,(H,17,22)/t11-/m0/s1. The van der Waals surface area contributed by atoms with Crippen LogP contribution in [-0.4, -0.2) is 37.6 Å². The average Bonchev–Trinajstić information content (AvgIpc) is 3.21. The number of rotatable bonds is 5. The minimum absolute atomic E-state index is 0.126. The van der Waals surface area contributed by atoms with Crippen molar-refractivity contribution in [1.82, 2.24) is 24.9 Å². The quantitative estimate of drug-likeness (QED) is 0.696. The lowest BCUT2D eigenvalue weighted by molar-refractivity contribution is -0.129. The first-order valence-electron chi connectivity index (χ1n) is 7.66. The van der Waals surface area contributed by atoms with E-state index in [9.17, 15) is 9.59 Å². The molecule has 9 heteroatoms. The van der Waals surface area contributed by atoms with Gasteiger partial charge in [-0.25, -0.2) is 14.3 Å². The number of ether oxygens (including phenoxy) is 1. The minimum Gasteiger partial charge on any atom is -0.447 e. The van der Waals surface area contributed by atoms with Gasteiger partial charge in [0, 0.05) is 16.3 Å². The Balaban J connectivity index is 1.65. The average molecular weight is 359 g/mol. The molecular formula is C16H17N5O3S. The molecule has 0 aliphatic carbocycles. The van der Waals surface area contributed by atoms with Crippen molar-refractivity contribution in [2.24, 2.45) is 0 Å². The maximum absolute atomic E-state index is 12.2. The fourth-order valence-electron chi connectivity index (χ4n) is 2.25. The van der Waals surface area contributed by atoms with E-state index in [1.807, 2.05) is 37.4 Å². The Morgan fingerprint density at radius 1 is 1.36 bits per heavy atom. The summed E-state index contributed by atoms with van der Waals surface area (Å²) in [5.74, 6) is -0.949. The van der Waals surface area contributed by atoms with Gasteiger partial charge < -0.3 is 10.1 Å². The van der Waals surface area contributed by atoms with Crippen LogP contribution >= 0.6 is 11.3 Å². The highest BCUT2D eigenvalue weighted by Crippen LogP contribution is 2.09. The van der Waals surface area contributed by atoms with E-state index in [0.29, 0.717) is 12.3 Å². The molecule has 8 nitrogen and oxygen atoms in total. The molecule has 3 aromatic heterocycles. The number of aromatic nitrogens is 4. The smallest absolute Gasteiger partial charge is 0.379 e. The Hall–Kier alpha value is -2.81. The highest BCUT2D eigenvalue weighted by atomic mass is 32.1. The molecule has 0 aliphatic rings. The van der Waals surface area contributed by atoms with Crippen molar-refractivity contribution < 1.29 is 14.3 Å². The van der Waals surface area contributed by atoms with Gasteiger partial charge in [0.25, 0.3) is 17.5 Å². The third-order valence-electron chi connectivity index (χ3n) is 3.47. The molecule has 0 spiro atoms. The maximum atomic E-state index is 12.2. The fourth-order valence-corrected chi connectivity index (χ4v) is 2.90. The van der Waals surface area contributed by atoms with Gasteiger partial charge >= 0.3 is 5.97 Å². The molecule has 1 atom stereocenters. The van der Waals surface area contributed by atoms with Crippen molar-refractivity contribution >= 4 is 29.0 Å². The van der Waals surface area contributed by atoms with E-state index in [2.05, 4.69) is 20.4 Å². The zero-order chi connectivity index (χ0) is 18.0. The Morgan fingerprint density at radius 2 is 2.16 bits per heavy atom. The second-order valence-corrected chi connectivity index (χ2v) is 6.56. The number of carbonyl (C=O) groups excluding carboxylic acids is 2. The molecule has 0 radical (unpaired) electrons. The molecular weight excluding hydrogens is 342 g/mol. The van der Waals surface area contributed by atoms with Gasteiger partial charge in [-0.15, -0.1) is 16.4 Å². The predicted octanol–water partition coefficient (Wildman–Crippen LogP) is 1.66. The number of nitrogens with zero attached hydrogens (tertiary/aromatic N) is 4. The van der Waals surface area contributed by atoms with E-state index >= 15 is 0 Å². The van der Waals surface area contributed by atoms with E-state index in [1.54, 1.807) is 11.3 Å². The maximum Gasteiger partial charge on any atom is 0.379 e. The van der Waals surface area contributed by atoms with Gasteiger partial charge in [-0.2, -0.15) is 4.98 Å². The molecule has 1 N–H and O–H groups in total. The monoisotopic (exact) mass is 359 g/mol. The molecule has 0 saturated heterocycles. The summed E-state index contributed by atoms with van der Waals surface area (Å²) in [6, 6.07) is 5.65. The van der Waals surface area contributed by atoms with E-state index in [4.69, 9.17) is 4.74 Å². The lowest BCUT2D eigenvalue weighted by Gasteiger charge is -2.11. The molecule has 0 saturated carbocycles. The molecule has 130 valence electrons. The lowest BCUT2D eigenvalue weighted by Crippen LogP contribution is -2.35. The summed E-state index contributed by atoms with van der Waals surface area (Å²) >= 11 is 1.54. The second kappa shape index (κ2) is 6.98. The van der Waals surface area contributed by atoms with Crippen molar-refractivity contribution in [3.8, 4) is 0 Å². The molecule has 0 unspecified atom stereocenters. The summed E-state index contributed by atoms with van der Waals surface area (Å²) in [5.41, 5.74) is 1.58. The predicted molar refractivity (Wildman–Crippen MR) is 91.3 cm³/mol. The summed E-state index contributed by atoms with van der Waals surface area (Å²) in [7, 11) is 0. The van der Waals surface area contributed by atoms with Gasteiger partial charge in [0.2, 0.25) is 0 Å². The normalized spacial score (nSPS) is 12.1. The van der Waals surface area contributed by atoms with Gasteiger partial charge in [0.15, 0.2) is 6.10 Å². The molecule has 25 heavy (non-hydrogen) atoms. The molecule has 0 aliphatic heterocycles. The van der Waals surface area contributed by atoms with E-state index in [0.717, 1.165) is 16.3 Å². The SMILES string of the molecule is Cc1cc(C)n2nc(C(=O)O[C@@H](C)C(=O)NCc3cccs3)nc2n1. The van der Waals surface area contributed by atoms with Crippen LogP contribution in [-0.2, 0) is 16.1 Å². The summed E-state index contributed by atoms with van der Waals surface area (Å²) in [6.07, 6.45) is -0.949. The number of fused-ring (bicyclic) bond motifs is 1. The first-order chi connectivity index (χ1) is 11.9. The van der Waals surface area contributed by atoms with Gasteiger partial charge in [0.1, 0.15) is 0 Å². The zero-order valence-electron chi connectivity index (χ0n) is 14.0. The number of nitrogens with one attached hydrogen (secondary N) is 1. The van der Waals surface area contributed by atoms with Crippen LogP contribution in [0.4, 0.5) is 0 Å². The van der Waals surface area contributed by atoms with E-state index in [1.165, 1.54) is 11.4 Å². The second-order valence-electron chi connectivity index (χ2n) is 5.53. The van der Waals surface area contributed by atoms with Crippen molar-refractivity contribution in [3.63, 3.8) is 0 Å². The number of hydrogen-bond donors (Lipinski definition) is 1. The minimum atomic E-state index is -0.949. The van der Waals surface area contributed by atoms with Gasteiger partial charge in [-0.1, -0.05) is 6.07 Å². The first kappa shape index (κ1) is 17.0. The van der Waals surface area contributed by atoms with E-state index < -0.39 is 12.1 Å². The molecule has 3 heterocycles. The Kier molecular flexibility index (Phi) is 4.75. The summed E-state index contributed by atoms with van der Waals surface area (Å²) in [4.78, 5) is 33.5. The highest BCUT2D eigenvalue weighted by molar-refractivity contribution is 7.09. The number of thiophene rings is 1. The number of aryl methyl sites for hydroxylation is 2. The highest BCUT2D eigenvalue weighted by Gasteiger charge is 2.22. The summed E-state index contributed by atoms with van der Waals surface area (Å²) in [5, 5.41) is 8.74. The van der Waals surface area contributed by atoms with Crippen LogP contribution in [0.5, 0.6) is 0 Å². The molecule has 0 aromatic carbocycles. The molecule has 3 rings (SSSR count). The Labute approximate surface area is 147 Å². The summed E-state index contributed by atoms with van der Waals surface area (Å²) < 4.78 is 6.62.